The highest BCUT2D eigenvalue weighted by Crippen LogP contribution is 2.33. The van der Waals surface area contributed by atoms with Gasteiger partial charge in [0, 0.05) is 72.5 Å². The Morgan fingerprint density at radius 3 is 2.59 bits per heavy atom. The highest BCUT2D eigenvalue weighted by molar-refractivity contribution is 6.30. The maximum atomic E-state index is 13.4. The van der Waals surface area contributed by atoms with Crippen LogP contribution in [0.4, 0.5) is 16.2 Å². The van der Waals surface area contributed by atoms with Crippen LogP contribution < -0.4 is 20.3 Å². The number of hydrogen-bond acceptors (Lipinski definition) is 5. The standard InChI is InChI=1S/C28H30ClN5O3/c1-33(22-9-14-34(15-10-22)23-7-12-30-13-8-23)27(35)19-5-6-26-24(17-19)25(11-16-37-26)32-28(36)31-21-4-2-3-20(29)18-21/h2-8,12-13,17-18,22,25H,9-11,14-16H2,1H3,(H2,31,32,36). The van der Waals surface area contributed by atoms with E-state index < -0.39 is 0 Å². The third-order valence-corrected chi connectivity index (χ3v) is 7.28. The van der Waals surface area contributed by atoms with Crippen LogP contribution in [0.3, 0.4) is 0 Å². The molecule has 9 heteroatoms. The zero-order chi connectivity index (χ0) is 25.8. The van der Waals surface area contributed by atoms with E-state index in [0.717, 1.165) is 37.2 Å². The van der Waals surface area contributed by atoms with Crippen LogP contribution in [-0.2, 0) is 0 Å². The molecule has 3 heterocycles. The molecule has 2 aromatic carbocycles. The third-order valence-electron chi connectivity index (χ3n) is 7.04. The number of ether oxygens (including phenoxy) is 1. The van der Waals surface area contributed by atoms with Crippen LogP contribution in [-0.4, -0.2) is 54.6 Å². The zero-order valence-corrected chi connectivity index (χ0v) is 21.4. The molecule has 0 aliphatic carbocycles. The van der Waals surface area contributed by atoms with Crippen molar-refractivity contribution in [1.82, 2.24) is 15.2 Å². The lowest BCUT2D eigenvalue weighted by Crippen LogP contribution is -2.45. The van der Waals surface area contributed by atoms with Crippen molar-refractivity contribution in [3.05, 3.63) is 83.1 Å². The Labute approximate surface area is 221 Å². The number of halogens is 1. The Kier molecular flexibility index (Phi) is 7.46. The lowest BCUT2D eigenvalue weighted by molar-refractivity contribution is 0.0709. The zero-order valence-electron chi connectivity index (χ0n) is 20.7. The third kappa shape index (κ3) is 5.80. The van der Waals surface area contributed by atoms with Crippen molar-refractivity contribution < 1.29 is 14.3 Å². The van der Waals surface area contributed by atoms with Crippen LogP contribution in [0.5, 0.6) is 5.75 Å². The molecule has 1 aromatic heterocycles. The molecular weight excluding hydrogens is 490 g/mol. The number of carbonyl (C=O) groups excluding carboxylic acids is 2. The summed E-state index contributed by atoms with van der Waals surface area (Å²) in [7, 11) is 1.87. The van der Waals surface area contributed by atoms with E-state index in [1.54, 1.807) is 42.7 Å². The van der Waals surface area contributed by atoms with Crippen molar-refractivity contribution in [2.75, 3.05) is 37.0 Å². The number of carbonyl (C=O) groups is 2. The Morgan fingerprint density at radius 1 is 1.05 bits per heavy atom. The van der Waals surface area contributed by atoms with Crippen molar-refractivity contribution in [1.29, 1.82) is 0 Å². The van der Waals surface area contributed by atoms with Gasteiger partial charge in [-0.05, 0) is 61.4 Å². The summed E-state index contributed by atoms with van der Waals surface area (Å²) in [6, 6.07) is 16.1. The topological polar surface area (TPSA) is 86.8 Å². The van der Waals surface area contributed by atoms with Gasteiger partial charge in [0.25, 0.3) is 5.91 Å². The first-order valence-electron chi connectivity index (χ1n) is 12.5. The van der Waals surface area contributed by atoms with Crippen LogP contribution in [0.1, 0.15) is 41.2 Å². The molecule has 8 nitrogen and oxygen atoms in total. The van der Waals surface area contributed by atoms with Gasteiger partial charge in [-0.1, -0.05) is 17.7 Å². The van der Waals surface area contributed by atoms with Gasteiger partial charge in [0.05, 0.1) is 12.6 Å². The smallest absolute Gasteiger partial charge is 0.319 e. The normalized spacial score (nSPS) is 17.4. The number of anilines is 2. The number of nitrogens with one attached hydrogen (secondary N) is 2. The first-order valence-corrected chi connectivity index (χ1v) is 12.9. The van der Waals surface area contributed by atoms with Crippen molar-refractivity contribution >= 4 is 34.9 Å². The van der Waals surface area contributed by atoms with Crippen LogP contribution in [0.25, 0.3) is 0 Å². The summed E-state index contributed by atoms with van der Waals surface area (Å²) in [5.41, 5.74) is 3.16. The molecule has 192 valence electrons. The molecule has 2 aliphatic rings. The lowest BCUT2D eigenvalue weighted by atomic mass is 9.97. The van der Waals surface area contributed by atoms with Crippen LogP contribution in [0, 0.1) is 0 Å². The molecule has 2 aliphatic heterocycles. The van der Waals surface area contributed by atoms with Crippen molar-refractivity contribution in [2.24, 2.45) is 0 Å². The number of pyridine rings is 1. The fraction of sp³-hybridized carbons (Fsp3) is 0.321. The highest BCUT2D eigenvalue weighted by Gasteiger charge is 2.29. The fourth-order valence-corrected chi connectivity index (χ4v) is 5.20. The molecule has 0 saturated carbocycles. The molecule has 0 spiro atoms. The maximum absolute atomic E-state index is 13.4. The molecule has 3 amide bonds. The number of piperidine rings is 1. The molecule has 1 unspecified atom stereocenters. The highest BCUT2D eigenvalue weighted by atomic mass is 35.5. The largest absolute Gasteiger partial charge is 0.493 e. The Bertz CT molecular complexity index is 1260. The van der Waals surface area contributed by atoms with Gasteiger partial charge in [-0.25, -0.2) is 4.79 Å². The van der Waals surface area contributed by atoms with E-state index in [9.17, 15) is 9.59 Å². The molecule has 0 bridgehead atoms. The molecule has 1 atom stereocenters. The number of hydrogen-bond donors (Lipinski definition) is 2. The predicted octanol–water partition coefficient (Wildman–Crippen LogP) is 5.12. The molecule has 37 heavy (non-hydrogen) atoms. The summed E-state index contributed by atoms with van der Waals surface area (Å²) in [6.07, 6.45) is 6.01. The van der Waals surface area contributed by atoms with Crippen molar-refractivity contribution in [3.63, 3.8) is 0 Å². The number of aromatic nitrogens is 1. The Hall–Kier alpha value is -3.78. The number of benzene rings is 2. The van der Waals surface area contributed by atoms with Gasteiger partial charge in [-0.2, -0.15) is 0 Å². The minimum Gasteiger partial charge on any atom is -0.493 e. The summed E-state index contributed by atoms with van der Waals surface area (Å²) < 4.78 is 5.81. The first-order chi connectivity index (χ1) is 18.0. The summed E-state index contributed by atoms with van der Waals surface area (Å²) >= 11 is 6.02. The average Bonchev–Trinajstić information content (AvgIpc) is 2.93. The number of urea groups is 1. The van der Waals surface area contributed by atoms with Gasteiger partial charge in [0.15, 0.2) is 0 Å². The van der Waals surface area contributed by atoms with Crippen LogP contribution in [0.15, 0.2) is 67.0 Å². The number of rotatable bonds is 5. The Morgan fingerprint density at radius 2 is 1.84 bits per heavy atom. The van der Waals surface area contributed by atoms with Gasteiger partial charge in [-0.3, -0.25) is 9.78 Å². The fourth-order valence-electron chi connectivity index (χ4n) is 5.00. The van der Waals surface area contributed by atoms with Gasteiger partial charge in [0.2, 0.25) is 0 Å². The van der Waals surface area contributed by atoms with E-state index >= 15 is 0 Å². The second-order valence-corrected chi connectivity index (χ2v) is 9.83. The van der Waals surface area contributed by atoms with E-state index in [1.165, 1.54) is 0 Å². The molecule has 1 fully saturated rings. The second-order valence-electron chi connectivity index (χ2n) is 9.39. The minimum atomic E-state index is -0.338. The monoisotopic (exact) mass is 519 g/mol. The molecule has 0 radical (unpaired) electrons. The van der Waals surface area contributed by atoms with Gasteiger partial charge in [-0.15, -0.1) is 0 Å². The molecule has 1 saturated heterocycles. The van der Waals surface area contributed by atoms with E-state index in [0.29, 0.717) is 35.1 Å². The summed E-state index contributed by atoms with van der Waals surface area (Å²) in [4.78, 5) is 34.4. The number of amides is 3. The summed E-state index contributed by atoms with van der Waals surface area (Å²) in [5.74, 6) is 0.655. The van der Waals surface area contributed by atoms with Crippen LogP contribution in [0.2, 0.25) is 5.02 Å². The summed E-state index contributed by atoms with van der Waals surface area (Å²) in [6.45, 7) is 2.26. The molecular formula is C28H30ClN5O3. The predicted molar refractivity (Wildman–Crippen MR) is 144 cm³/mol. The Balaban J connectivity index is 1.24. The van der Waals surface area contributed by atoms with Crippen LogP contribution >= 0.6 is 11.6 Å². The van der Waals surface area contributed by atoms with E-state index in [-0.39, 0.29) is 24.0 Å². The quantitative estimate of drug-likeness (QED) is 0.488. The number of fused-ring (bicyclic) bond motifs is 1. The van der Waals surface area contributed by atoms with Gasteiger partial charge in [0.1, 0.15) is 5.75 Å². The van der Waals surface area contributed by atoms with E-state index in [2.05, 4.69) is 20.5 Å². The van der Waals surface area contributed by atoms with Crippen molar-refractivity contribution in [3.8, 4) is 5.75 Å². The second kappa shape index (κ2) is 11.1. The first kappa shape index (κ1) is 24.9. The van der Waals surface area contributed by atoms with Gasteiger partial charge < -0.3 is 25.2 Å². The minimum absolute atomic E-state index is 0.0298. The molecule has 3 aromatic rings. The van der Waals surface area contributed by atoms with Gasteiger partial charge >= 0.3 is 6.03 Å². The number of nitrogens with zero attached hydrogens (tertiary/aromatic N) is 3. The molecule has 2 N–H and O–H groups in total. The van der Waals surface area contributed by atoms with E-state index in [4.69, 9.17) is 16.3 Å². The average molecular weight is 520 g/mol. The maximum Gasteiger partial charge on any atom is 0.319 e. The van der Waals surface area contributed by atoms with Crippen molar-refractivity contribution in [2.45, 2.75) is 31.3 Å². The van der Waals surface area contributed by atoms with E-state index in [1.807, 2.05) is 36.2 Å². The molecule has 5 rings (SSSR count). The SMILES string of the molecule is CN(C(=O)c1ccc2c(c1)C(NC(=O)Nc1cccc(Cl)c1)CCO2)C1CCN(c2ccncc2)CC1. The lowest BCUT2D eigenvalue weighted by Gasteiger charge is -2.38. The summed E-state index contributed by atoms with van der Waals surface area (Å²) in [5, 5.41) is 6.38.